The van der Waals surface area contributed by atoms with Crippen LogP contribution in [0.3, 0.4) is 0 Å². The molecule has 4 heteroatoms. The monoisotopic (exact) mass is 243 g/mol. The first-order valence-corrected chi connectivity index (χ1v) is 6.68. The van der Waals surface area contributed by atoms with Gasteiger partial charge >= 0.3 is 0 Å². The van der Waals surface area contributed by atoms with Crippen LogP contribution in [-0.4, -0.2) is 3.96 Å². The number of fused-ring (bicyclic) bond motifs is 5. The smallest absolute Gasteiger partial charge is 0.265 e. The first-order valence-electron chi connectivity index (χ1n) is 5.37. The SMILES string of the molecule is CC1(C)C2CCC1c1c2sn(CCl)c1=O. The Bertz CT molecular complexity index is 473. The molecule has 0 saturated heterocycles. The number of rotatable bonds is 1. The predicted molar refractivity (Wildman–Crippen MR) is 62.9 cm³/mol. The van der Waals surface area contributed by atoms with E-state index in [1.807, 2.05) is 0 Å². The number of alkyl halides is 1. The van der Waals surface area contributed by atoms with Crippen LogP contribution in [0.4, 0.5) is 0 Å². The van der Waals surface area contributed by atoms with Crippen LogP contribution in [0.15, 0.2) is 4.79 Å². The zero-order chi connectivity index (χ0) is 10.8. The third-order valence-corrected chi connectivity index (χ3v) is 5.84. The maximum absolute atomic E-state index is 12.1. The maximum atomic E-state index is 12.1. The predicted octanol–water partition coefficient (Wildman–Crippen LogP) is 3.11. The Morgan fingerprint density at radius 2 is 2.13 bits per heavy atom. The lowest BCUT2D eigenvalue weighted by molar-refractivity contribution is 0.325. The van der Waals surface area contributed by atoms with E-state index < -0.39 is 0 Å². The van der Waals surface area contributed by atoms with Crippen LogP contribution >= 0.6 is 23.1 Å². The number of hydrogen-bond acceptors (Lipinski definition) is 2. The van der Waals surface area contributed by atoms with Gasteiger partial charge in [0.1, 0.15) is 6.00 Å². The highest BCUT2D eigenvalue weighted by atomic mass is 35.5. The van der Waals surface area contributed by atoms with Gasteiger partial charge in [-0.05, 0) is 24.2 Å². The van der Waals surface area contributed by atoms with Crippen molar-refractivity contribution in [3.63, 3.8) is 0 Å². The van der Waals surface area contributed by atoms with E-state index in [9.17, 15) is 4.79 Å². The Morgan fingerprint density at radius 1 is 1.47 bits per heavy atom. The van der Waals surface area contributed by atoms with Gasteiger partial charge in [-0.2, -0.15) is 0 Å². The topological polar surface area (TPSA) is 22.0 Å². The molecule has 0 spiro atoms. The van der Waals surface area contributed by atoms with Gasteiger partial charge in [0, 0.05) is 16.4 Å². The first kappa shape index (κ1) is 9.91. The summed E-state index contributed by atoms with van der Waals surface area (Å²) in [6, 6.07) is 0.302. The van der Waals surface area contributed by atoms with Crippen LogP contribution in [0.5, 0.6) is 0 Å². The highest BCUT2D eigenvalue weighted by Gasteiger charge is 2.54. The van der Waals surface area contributed by atoms with E-state index in [1.54, 1.807) is 15.5 Å². The fraction of sp³-hybridized carbons (Fsp3) is 0.727. The van der Waals surface area contributed by atoms with Crippen LogP contribution in [0, 0.1) is 5.41 Å². The summed E-state index contributed by atoms with van der Waals surface area (Å²) >= 11 is 7.35. The molecule has 2 nitrogen and oxygen atoms in total. The quantitative estimate of drug-likeness (QED) is 0.695. The van der Waals surface area contributed by atoms with Gasteiger partial charge in [0.05, 0.1) is 0 Å². The van der Waals surface area contributed by atoms with E-state index in [0.29, 0.717) is 23.3 Å². The van der Waals surface area contributed by atoms with Gasteiger partial charge in [0.25, 0.3) is 5.56 Å². The first-order chi connectivity index (χ1) is 7.07. The molecule has 0 aromatic carbocycles. The molecule has 15 heavy (non-hydrogen) atoms. The second kappa shape index (κ2) is 2.89. The lowest BCUT2D eigenvalue weighted by Crippen LogP contribution is -2.21. The van der Waals surface area contributed by atoms with Crippen molar-refractivity contribution in [3.8, 4) is 0 Å². The molecule has 2 atom stereocenters. The lowest BCUT2D eigenvalue weighted by atomic mass is 9.80. The molecule has 1 aromatic rings. The molecule has 0 N–H and O–H groups in total. The van der Waals surface area contributed by atoms with Gasteiger partial charge in [0.15, 0.2) is 0 Å². The van der Waals surface area contributed by atoms with E-state index in [1.165, 1.54) is 17.7 Å². The Kier molecular flexibility index (Phi) is 1.91. The summed E-state index contributed by atoms with van der Waals surface area (Å²) in [5.74, 6) is 1.07. The summed E-state index contributed by atoms with van der Waals surface area (Å²) in [7, 11) is 0. The van der Waals surface area contributed by atoms with E-state index in [-0.39, 0.29) is 5.56 Å². The summed E-state index contributed by atoms with van der Waals surface area (Å²) < 4.78 is 1.69. The standard InChI is InChI=1S/C11H14ClNOS/c1-11(2)6-3-4-7(11)9-8(6)10(14)13(5-12)15-9/h6-7H,3-5H2,1-2H3. The van der Waals surface area contributed by atoms with Crippen LogP contribution in [0.1, 0.15) is 49.0 Å². The van der Waals surface area contributed by atoms with Crippen molar-refractivity contribution < 1.29 is 0 Å². The van der Waals surface area contributed by atoms with E-state index in [4.69, 9.17) is 11.6 Å². The van der Waals surface area contributed by atoms with Crippen LogP contribution in [0.2, 0.25) is 0 Å². The molecular weight excluding hydrogens is 230 g/mol. The molecule has 82 valence electrons. The number of nitrogens with zero attached hydrogens (tertiary/aromatic N) is 1. The summed E-state index contributed by atoms with van der Waals surface area (Å²) in [6.45, 7) is 4.60. The van der Waals surface area contributed by atoms with Crippen LogP contribution < -0.4 is 5.56 Å². The molecule has 2 aliphatic carbocycles. The fourth-order valence-electron chi connectivity index (χ4n) is 3.41. The third-order valence-electron chi connectivity index (χ3n) is 4.24. The number of hydrogen-bond donors (Lipinski definition) is 0. The molecule has 0 amide bonds. The molecule has 1 fully saturated rings. The average Bonchev–Trinajstić information content (AvgIpc) is 2.74. The highest BCUT2D eigenvalue weighted by molar-refractivity contribution is 7.06. The molecule has 3 rings (SSSR count). The molecule has 2 bridgehead atoms. The van der Waals surface area contributed by atoms with Crippen molar-refractivity contribution in [3.05, 3.63) is 20.8 Å². The maximum Gasteiger partial charge on any atom is 0.265 e. The largest absolute Gasteiger partial charge is 0.268 e. The van der Waals surface area contributed by atoms with Crippen molar-refractivity contribution in [1.82, 2.24) is 3.96 Å². The van der Waals surface area contributed by atoms with Crippen molar-refractivity contribution in [1.29, 1.82) is 0 Å². The highest BCUT2D eigenvalue weighted by Crippen LogP contribution is 2.64. The Balaban J connectivity index is 2.23. The van der Waals surface area contributed by atoms with Gasteiger partial charge in [-0.25, -0.2) is 3.96 Å². The third kappa shape index (κ3) is 1.03. The molecule has 1 saturated carbocycles. The average molecular weight is 244 g/mol. The van der Waals surface area contributed by atoms with Crippen molar-refractivity contribution in [2.45, 2.75) is 44.5 Å². The molecule has 0 aliphatic heterocycles. The van der Waals surface area contributed by atoms with Crippen LogP contribution in [0.25, 0.3) is 0 Å². The minimum Gasteiger partial charge on any atom is -0.268 e. The summed E-state index contributed by atoms with van der Waals surface area (Å²) in [6.07, 6.45) is 2.42. The fourth-order valence-corrected chi connectivity index (χ4v) is 5.00. The minimum atomic E-state index is 0.172. The van der Waals surface area contributed by atoms with E-state index in [0.717, 1.165) is 5.56 Å². The zero-order valence-corrected chi connectivity index (χ0v) is 10.5. The number of halogens is 1. The molecule has 1 aromatic heterocycles. The summed E-state index contributed by atoms with van der Waals surface area (Å²) in [5, 5.41) is 0. The Hall–Kier alpha value is -0.280. The van der Waals surface area contributed by atoms with Crippen molar-refractivity contribution in [2.24, 2.45) is 5.41 Å². The second-order valence-corrected chi connectivity index (χ2v) is 6.48. The van der Waals surface area contributed by atoms with Gasteiger partial charge in [-0.1, -0.05) is 25.4 Å². The summed E-state index contributed by atoms with van der Waals surface area (Å²) in [4.78, 5) is 13.4. The molecule has 1 heterocycles. The minimum absolute atomic E-state index is 0.172. The van der Waals surface area contributed by atoms with E-state index in [2.05, 4.69) is 13.8 Å². The van der Waals surface area contributed by atoms with Gasteiger partial charge < -0.3 is 0 Å². The molecule has 2 aliphatic rings. The van der Waals surface area contributed by atoms with Gasteiger partial charge in [-0.3, -0.25) is 4.79 Å². The molecule has 0 radical (unpaired) electrons. The Labute approximate surface area is 98.0 Å². The molecule has 2 unspecified atom stereocenters. The van der Waals surface area contributed by atoms with Crippen molar-refractivity contribution >= 4 is 23.1 Å². The van der Waals surface area contributed by atoms with E-state index >= 15 is 0 Å². The lowest BCUT2D eigenvalue weighted by Gasteiger charge is -2.24. The normalized spacial score (nSPS) is 30.9. The second-order valence-electron chi connectivity index (χ2n) is 5.18. The zero-order valence-electron chi connectivity index (χ0n) is 8.92. The molecular formula is C11H14ClNOS. The number of aromatic nitrogens is 1. The van der Waals surface area contributed by atoms with Gasteiger partial charge in [0.2, 0.25) is 0 Å². The van der Waals surface area contributed by atoms with Crippen molar-refractivity contribution in [2.75, 3.05) is 0 Å². The summed E-state index contributed by atoms with van der Waals surface area (Å²) in [5.41, 5.74) is 1.55. The van der Waals surface area contributed by atoms with Crippen LogP contribution in [-0.2, 0) is 6.00 Å². The van der Waals surface area contributed by atoms with Gasteiger partial charge in [-0.15, -0.1) is 11.6 Å². The Morgan fingerprint density at radius 3 is 2.73 bits per heavy atom.